The standard InChI is InChI=1S/C22H23F3N4O/c1-28(2)18-9-5-16(6-10-18)4-3-14-26-21(30)17-7-11-19(12-8-17)29-15-13-20(27-29)22(23,24)25/h5-13,15H,3-4,14H2,1-2H3,(H,26,30). The van der Waals surface area contributed by atoms with E-state index in [2.05, 4.69) is 34.7 Å². The summed E-state index contributed by atoms with van der Waals surface area (Å²) >= 11 is 0. The maximum Gasteiger partial charge on any atom is 0.435 e. The van der Waals surface area contributed by atoms with E-state index in [-0.39, 0.29) is 5.91 Å². The second-order valence-electron chi connectivity index (χ2n) is 7.11. The molecule has 0 fully saturated rings. The predicted octanol–water partition coefficient (Wildman–Crippen LogP) is 4.32. The molecule has 0 saturated carbocycles. The number of anilines is 1. The number of hydrogen-bond acceptors (Lipinski definition) is 3. The monoisotopic (exact) mass is 416 g/mol. The summed E-state index contributed by atoms with van der Waals surface area (Å²) in [5, 5.41) is 6.38. The lowest BCUT2D eigenvalue weighted by Gasteiger charge is -2.12. The molecule has 1 N–H and O–H groups in total. The van der Waals surface area contributed by atoms with E-state index in [0.717, 1.165) is 29.3 Å². The van der Waals surface area contributed by atoms with Crippen molar-refractivity contribution in [2.75, 3.05) is 25.5 Å². The van der Waals surface area contributed by atoms with Crippen LogP contribution in [0.2, 0.25) is 0 Å². The van der Waals surface area contributed by atoms with Gasteiger partial charge in [0.1, 0.15) is 0 Å². The van der Waals surface area contributed by atoms with Gasteiger partial charge >= 0.3 is 6.18 Å². The van der Waals surface area contributed by atoms with Gasteiger partial charge in [0.25, 0.3) is 5.91 Å². The molecule has 0 unspecified atom stereocenters. The largest absolute Gasteiger partial charge is 0.435 e. The molecule has 158 valence electrons. The molecule has 0 aliphatic carbocycles. The first-order valence-electron chi connectivity index (χ1n) is 9.52. The number of alkyl halides is 3. The molecule has 0 radical (unpaired) electrons. The van der Waals surface area contributed by atoms with E-state index in [1.165, 1.54) is 11.8 Å². The molecular formula is C22H23F3N4O. The lowest BCUT2D eigenvalue weighted by atomic mass is 10.1. The lowest BCUT2D eigenvalue weighted by Crippen LogP contribution is -2.24. The minimum Gasteiger partial charge on any atom is -0.378 e. The van der Waals surface area contributed by atoms with Gasteiger partial charge < -0.3 is 10.2 Å². The minimum absolute atomic E-state index is 0.221. The van der Waals surface area contributed by atoms with Gasteiger partial charge in [-0.15, -0.1) is 0 Å². The van der Waals surface area contributed by atoms with Crippen LogP contribution >= 0.6 is 0 Å². The highest BCUT2D eigenvalue weighted by molar-refractivity contribution is 5.94. The number of carbonyl (C=O) groups excluding carboxylic acids is 1. The fraction of sp³-hybridized carbons (Fsp3) is 0.273. The number of amides is 1. The first-order valence-corrected chi connectivity index (χ1v) is 9.52. The van der Waals surface area contributed by atoms with Gasteiger partial charge in [-0.2, -0.15) is 18.3 Å². The van der Waals surface area contributed by atoms with Crippen LogP contribution in [0.5, 0.6) is 0 Å². The Kier molecular flexibility index (Phi) is 6.44. The van der Waals surface area contributed by atoms with Gasteiger partial charge in [-0.25, -0.2) is 4.68 Å². The van der Waals surface area contributed by atoms with Gasteiger partial charge in [-0.3, -0.25) is 4.79 Å². The molecule has 3 rings (SSSR count). The predicted molar refractivity (Wildman–Crippen MR) is 110 cm³/mol. The van der Waals surface area contributed by atoms with Gasteiger partial charge in [-0.05, 0) is 60.9 Å². The molecular weight excluding hydrogens is 393 g/mol. The highest BCUT2D eigenvalue weighted by Gasteiger charge is 2.33. The summed E-state index contributed by atoms with van der Waals surface area (Å²) in [4.78, 5) is 14.3. The quantitative estimate of drug-likeness (QED) is 0.584. The molecule has 1 amide bonds. The first kappa shape index (κ1) is 21.4. The first-order chi connectivity index (χ1) is 14.2. The second-order valence-corrected chi connectivity index (χ2v) is 7.11. The van der Waals surface area contributed by atoms with Crippen LogP contribution in [0.15, 0.2) is 60.8 Å². The zero-order chi connectivity index (χ0) is 21.7. The Labute approximate surface area is 173 Å². The fourth-order valence-corrected chi connectivity index (χ4v) is 2.94. The van der Waals surface area contributed by atoms with E-state index in [0.29, 0.717) is 17.8 Å². The van der Waals surface area contributed by atoms with E-state index in [4.69, 9.17) is 0 Å². The summed E-state index contributed by atoms with van der Waals surface area (Å²) in [5.41, 5.74) is 2.28. The maximum atomic E-state index is 12.7. The van der Waals surface area contributed by atoms with Crippen molar-refractivity contribution in [1.29, 1.82) is 0 Å². The van der Waals surface area contributed by atoms with E-state index in [1.54, 1.807) is 24.3 Å². The molecule has 1 aromatic heterocycles. The van der Waals surface area contributed by atoms with Crippen LogP contribution in [0.1, 0.15) is 28.0 Å². The van der Waals surface area contributed by atoms with Crippen LogP contribution < -0.4 is 10.2 Å². The summed E-state index contributed by atoms with van der Waals surface area (Å²) < 4.78 is 39.1. The minimum atomic E-state index is -4.49. The van der Waals surface area contributed by atoms with Crippen molar-refractivity contribution in [3.05, 3.63) is 77.6 Å². The lowest BCUT2D eigenvalue weighted by molar-refractivity contribution is -0.141. The highest BCUT2D eigenvalue weighted by atomic mass is 19.4. The average molecular weight is 416 g/mol. The van der Waals surface area contributed by atoms with Crippen LogP contribution in [0.4, 0.5) is 18.9 Å². The summed E-state index contributed by atoms with van der Waals surface area (Å²) in [5.74, 6) is -0.221. The Morgan fingerprint density at radius 2 is 1.70 bits per heavy atom. The Hall–Kier alpha value is -3.29. The van der Waals surface area contributed by atoms with Crippen LogP contribution in [-0.2, 0) is 12.6 Å². The molecule has 0 aliphatic rings. The zero-order valence-corrected chi connectivity index (χ0v) is 16.8. The van der Waals surface area contributed by atoms with Crippen LogP contribution in [0.3, 0.4) is 0 Å². The Bertz CT molecular complexity index is 977. The molecule has 3 aromatic rings. The summed E-state index contributed by atoms with van der Waals surface area (Å²) in [7, 11) is 3.98. The maximum absolute atomic E-state index is 12.7. The van der Waals surface area contributed by atoms with E-state index in [9.17, 15) is 18.0 Å². The fourth-order valence-electron chi connectivity index (χ4n) is 2.94. The summed E-state index contributed by atoms with van der Waals surface area (Å²) in [6.45, 7) is 0.532. The van der Waals surface area contributed by atoms with Gasteiger partial charge in [0.05, 0.1) is 5.69 Å². The van der Waals surface area contributed by atoms with Crippen LogP contribution in [0, 0.1) is 0 Å². The number of rotatable bonds is 7. The topological polar surface area (TPSA) is 50.2 Å². The molecule has 2 aromatic carbocycles. The van der Waals surface area contributed by atoms with Crippen molar-refractivity contribution >= 4 is 11.6 Å². The molecule has 5 nitrogen and oxygen atoms in total. The normalized spacial score (nSPS) is 11.4. The third-order valence-electron chi connectivity index (χ3n) is 4.65. The zero-order valence-electron chi connectivity index (χ0n) is 16.8. The van der Waals surface area contributed by atoms with Gasteiger partial charge in [0, 0.05) is 38.1 Å². The number of nitrogens with one attached hydrogen (secondary N) is 1. The molecule has 0 aliphatic heterocycles. The van der Waals surface area contributed by atoms with Crippen molar-refractivity contribution in [2.24, 2.45) is 0 Å². The molecule has 8 heteroatoms. The van der Waals surface area contributed by atoms with Crippen molar-refractivity contribution < 1.29 is 18.0 Å². The highest BCUT2D eigenvalue weighted by Crippen LogP contribution is 2.27. The molecule has 1 heterocycles. The number of hydrogen-bond donors (Lipinski definition) is 1. The average Bonchev–Trinajstić information content (AvgIpc) is 3.22. The number of nitrogens with zero attached hydrogens (tertiary/aromatic N) is 3. The van der Waals surface area contributed by atoms with Gasteiger partial charge in [-0.1, -0.05) is 12.1 Å². The third-order valence-corrected chi connectivity index (χ3v) is 4.65. The van der Waals surface area contributed by atoms with Crippen molar-refractivity contribution in [3.8, 4) is 5.69 Å². The van der Waals surface area contributed by atoms with Gasteiger partial charge in [0.15, 0.2) is 5.69 Å². The number of carbonyl (C=O) groups is 1. The van der Waals surface area contributed by atoms with Crippen LogP contribution in [0.25, 0.3) is 5.69 Å². The van der Waals surface area contributed by atoms with Crippen molar-refractivity contribution in [3.63, 3.8) is 0 Å². The smallest absolute Gasteiger partial charge is 0.378 e. The summed E-state index contributed by atoms with van der Waals surface area (Å²) in [6.07, 6.45) is -1.59. The molecule has 0 spiro atoms. The Balaban J connectivity index is 1.49. The van der Waals surface area contributed by atoms with E-state index >= 15 is 0 Å². The molecule has 0 bridgehead atoms. The van der Waals surface area contributed by atoms with E-state index < -0.39 is 11.9 Å². The molecule has 0 atom stereocenters. The number of benzene rings is 2. The number of halogens is 3. The van der Waals surface area contributed by atoms with Crippen molar-refractivity contribution in [2.45, 2.75) is 19.0 Å². The second kappa shape index (κ2) is 9.02. The number of aryl methyl sites for hydroxylation is 1. The van der Waals surface area contributed by atoms with E-state index in [1.807, 2.05) is 19.0 Å². The third kappa shape index (κ3) is 5.40. The van der Waals surface area contributed by atoms with Gasteiger partial charge in [0.2, 0.25) is 0 Å². The van der Waals surface area contributed by atoms with Crippen LogP contribution in [-0.4, -0.2) is 36.3 Å². The van der Waals surface area contributed by atoms with Crippen molar-refractivity contribution in [1.82, 2.24) is 15.1 Å². The molecule has 30 heavy (non-hydrogen) atoms. The Morgan fingerprint density at radius 1 is 1.03 bits per heavy atom. The SMILES string of the molecule is CN(C)c1ccc(CCCNC(=O)c2ccc(-n3ccc(C(F)(F)F)n3)cc2)cc1. The molecule has 0 saturated heterocycles. The number of aromatic nitrogens is 2. The summed E-state index contributed by atoms with van der Waals surface area (Å²) in [6, 6.07) is 15.5. The Morgan fingerprint density at radius 3 is 2.27 bits per heavy atom.